The third-order valence-corrected chi connectivity index (χ3v) is 7.20. The quantitative estimate of drug-likeness (QED) is 0.215. The van der Waals surface area contributed by atoms with E-state index in [2.05, 4.69) is 35.6 Å². The van der Waals surface area contributed by atoms with E-state index in [1.54, 1.807) is 6.07 Å². The standard InChI is InChI=1S/C29H37F2N3O2S.2ClH/c1-4-5-11-34(3)19-25-9-10-28(37-25)29(36)33-26(15-22-13-23(30)16-24(31)14-22)27(35)18-32-17-21-8-6-7-20(2)12-21;;/h6-10,12-14,16,26-27,32,35H,4-5,11,15,17-19H2,1-3H3,(H,33,36);2*1H/t26-,27+;;/m0../s1. The molecule has 5 nitrogen and oxygen atoms in total. The minimum Gasteiger partial charge on any atom is -0.390 e. The Hall–Kier alpha value is -2.07. The topological polar surface area (TPSA) is 64.6 Å². The number of benzene rings is 2. The molecule has 1 amide bonds. The van der Waals surface area contributed by atoms with Gasteiger partial charge in [-0.15, -0.1) is 36.2 Å². The number of nitrogens with one attached hydrogen (secondary N) is 2. The molecule has 0 aliphatic rings. The molecule has 1 aromatic heterocycles. The van der Waals surface area contributed by atoms with Gasteiger partial charge >= 0.3 is 0 Å². The number of carbonyl (C=O) groups is 1. The Kier molecular flexibility index (Phi) is 15.8. The first-order valence-corrected chi connectivity index (χ1v) is 13.5. The van der Waals surface area contributed by atoms with Crippen molar-refractivity contribution >= 4 is 42.1 Å². The maximum absolute atomic E-state index is 13.8. The van der Waals surface area contributed by atoms with Gasteiger partial charge in [0.2, 0.25) is 0 Å². The molecule has 2 atom stereocenters. The zero-order chi connectivity index (χ0) is 26.8. The van der Waals surface area contributed by atoms with Gasteiger partial charge in [0, 0.05) is 30.6 Å². The number of carbonyl (C=O) groups excluding carboxylic acids is 1. The van der Waals surface area contributed by atoms with Gasteiger partial charge in [-0.1, -0.05) is 43.2 Å². The predicted octanol–water partition coefficient (Wildman–Crippen LogP) is 5.90. The predicted molar refractivity (Wildman–Crippen MR) is 160 cm³/mol. The van der Waals surface area contributed by atoms with Crippen molar-refractivity contribution in [1.29, 1.82) is 0 Å². The Morgan fingerprint density at radius 2 is 1.77 bits per heavy atom. The van der Waals surface area contributed by atoms with E-state index in [1.165, 1.54) is 23.5 Å². The fourth-order valence-corrected chi connectivity index (χ4v) is 5.18. The van der Waals surface area contributed by atoms with Crippen molar-refractivity contribution in [3.63, 3.8) is 0 Å². The van der Waals surface area contributed by atoms with Crippen LogP contribution in [0.5, 0.6) is 0 Å². The van der Waals surface area contributed by atoms with E-state index in [-0.39, 0.29) is 43.7 Å². The maximum atomic E-state index is 13.8. The Morgan fingerprint density at radius 1 is 1.05 bits per heavy atom. The molecule has 2 aromatic carbocycles. The van der Waals surface area contributed by atoms with E-state index in [4.69, 9.17) is 0 Å². The van der Waals surface area contributed by atoms with Gasteiger partial charge in [-0.3, -0.25) is 4.79 Å². The highest BCUT2D eigenvalue weighted by atomic mass is 35.5. The second kappa shape index (κ2) is 17.6. The van der Waals surface area contributed by atoms with Crippen molar-refractivity contribution in [3.05, 3.63) is 92.7 Å². The van der Waals surface area contributed by atoms with Crippen molar-refractivity contribution in [3.8, 4) is 0 Å². The summed E-state index contributed by atoms with van der Waals surface area (Å²) in [6.45, 7) is 6.67. The van der Waals surface area contributed by atoms with Gasteiger partial charge in [-0.25, -0.2) is 8.78 Å². The summed E-state index contributed by atoms with van der Waals surface area (Å²) in [7, 11) is 2.06. The third kappa shape index (κ3) is 11.9. The van der Waals surface area contributed by atoms with E-state index in [0.29, 0.717) is 17.0 Å². The average molecular weight is 603 g/mol. The fourth-order valence-electron chi connectivity index (χ4n) is 4.19. The number of hydrogen-bond acceptors (Lipinski definition) is 5. The van der Waals surface area contributed by atoms with Crippen molar-refractivity contribution in [2.45, 2.75) is 58.3 Å². The van der Waals surface area contributed by atoms with E-state index < -0.39 is 23.8 Å². The molecule has 3 aromatic rings. The molecule has 0 unspecified atom stereocenters. The highest BCUT2D eigenvalue weighted by molar-refractivity contribution is 7.14. The zero-order valence-electron chi connectivity index (χ0n) is 22.6. The van der Waals surface area contributed by atoms with Gasteiger partial charge < -0.3 is 20.6 Å². The van der Waals surface area contributed by atoms with E-state index in [9.17, 15) is 18.7 Å². The van der Waals surface area contributed by atoms with Crippen LogP contribution in [0.3, 0.4) is 0 Å². The molecule has 39 heavy (non-hydrogen) atoms. The monoisotopic (exact) mass is 601 g/mol. The summed E-state index contributed by atoms with van der Waals surface area (Å²) in [5.41, 5.74) is 2.59. The minimum atomic E-state index is -0.973. The van der Waals surface area contributed by atoms with Crippen LogP contribution < -0.4 is 10.6 Å². The normalized spacial score (nSPS) is 12.4. The molecule has 3 rings (SSSR count). The average Bonchev–Trinajstić information content (AvgIpc) is 3.30. The molecule has 0 bridgehead atoms. The lowest BCUT2D eigenvalue weighted by Crippen LogP contribution is -2.48. The summed E-state index contributed by atoms with van der Waals surface area (Å²) in [6, 6.07) is 14.3. The Bertz CT molecular complexity index is 1140. The van der Waals surface area contributed by atoms with Crippen LogP contribution in [0.2, 0.25) is 0 Å². The van der Waals surface area contributed by atoms with Gasteiger partial charge in [-0.05, 0) is 68.8 Å². The van der Waals surface area contributed by atoms with Crippen molar-refractivity contribution in [1.82, 2.24) is 15.5 Å². The van der Waals surface area contributed by atoms with Crippen LogP contribution in [-0.2, 0) is 19.5 Å². The van der Waals surface area contributed by atoms with E-state index in [0.717, 1.165) is 48.0 Å². The molecule has 0 saturated carbocycles. The first-order chi connectivity index (χ1) is 17.7. The van der Waals surface area contributed by atoms with E-state index >= 15 is 0 Å². The number of aliphatic hydroxyl groups excluding tert-OH is 1. The third-order valence-electron chi connectivity index (χ3n) is 6.13. The van der Waals surface area contributed by atoms with Crippen LogP contribution in [0.1, 0.15) is 51.0 Å². The number of aliphatic hydroxyl groups is 1. The lowest BCUT2D eigenvalue weighted by atomic mass is 10.0. The highest BCUT2D eigenvalue weighted by Crippen LogP contribution is 2.19. The van der Waals surface area contributed by atoms with Crippen LogP contribution in [0.15, 0.2) is 54.6 Å². The number of thiophene rings is 1. The summed E-state index contributed by atoms with van der Waals surface area (Å²) >= 11 is 1.41. The zero-order valence-corrected chi connectivity index (χ0v) is 25.0. The maximum Gasteiger partial charge on any atom is 0.261 e. The molecule has 0 aliphatic carbocycles. The van der Waals surface area contributed by atoms with Crippen LogP contribution in [-0.4, -0.2) is 48.2 Å². The first-order valence-electron chi connectivity index (χ1n) is 12.7. The molecule has 1 heterocycles. The first kappa shape index (κ1) is 35.0. The van der Waals surface area contributed by atoms with Crippen LogP contribution in [0, 0.1) is 18.6 Å². The number of aryl methyl sites for hydroxylation is 1. The fraction of sp³-hybridized carbons (Fsp3) is 0.414. The molecule has 0 fully saturated rings. The molecule has 216 valence electrons. The molecule has 0 aliphatic heterocycles. The molecule has 0 radical (unpaired) electrons. The molecular formula is C29H39Cl2F2N3O2S. The molecular weight excluding hydrogens is 563 g/mol. The lowest BCUT2D eigenvalue weighted by molar-refractivity contribution is 0.0833. The molecule has 0 spiro atoms. The summed E-state index contributed by atoms with van der Waals surface area (Å²) in [5, 5.41) is 17.1. The summed E-state index contributed by atoms with van der Waals surface area (Å²) < 4.78 is 27.6. The molecule has 10 heteroatoms. The van der Waals surface area contributed by atoms with Crippen molar-refractivity contribution in [2.75, 3.05) is 20.1 Å². The second-order valence-electron chi connectivity index (χ2n) is 9.61. The largest absolute Gasteiger partial charge is 0.390 e. The Morgan fingerprint density at radius 3 is 2.44 bits per heavy atom. The van der Waals surface area contributed by atoms with Gasteiger partial charge in [0.05, 0.1) is 17.0 Å². The molecule has 0 saturated heterocycles. The van der Waals surface area contributed by atoms with Gasteiger partial charge in [0.25, 0.3) is 5.91 Å². The lowest BCUT2D eigenvalue weighted by Gasteiger charge is -2.25. The smallest absolute Gasteiger partial charge is 0.261 e. The summed E-state index contributed by atoms with van der Waals surface area (Å²) in [5.74, 6) is -1.70. The number of hydrogen-bond donors (Lipinski definition) is 3. The highest BCUT2D eigenvalue weighted by Gasteiger charge is 2.24. The van der Waals surface area contributed by atoms with Crippen LogP contribution in [0.4, 0.5) is 8.78 Å². The number of amides is 1. The molecule has 3 N–H and O–H groups in total. The van der Waals surface area contributed by atoms with Crippen LogP contribution >= 0.6 is 36.2 Å². The minimum absolute atomic E-state index is 0. The van der Waals surface area contributed by atoms with Crippen molar-refractivity contribution < 1.29 is 18.7 Å². The number of halogens is 4. The van der Waals surface area contributed by atoms with Crippen LogP contribution in [0.25, 0.3) is 0 Å². The van der Waals surface area contributed by atoms with Gasteiger partial charge in [-0.2, -0.15) is 0 Å². The van der Waals surface area contributed by atoms with E-state index in [1.807, 2.05) is 31.2 Å². The SMILES string of the molecule is CCCCN(C)Cc1ccc(C(=O)N[C@@H](Cc2cc(F)cc(F)c2)[C@H](O)CNCc2cccc(C)c2)s1.Cl.Cl. The van der Waals surface area contributed by atoms with Gasteiger partial charge in [0.1, 0.15) is 11.6 Å². The number of nitrogens with zero attached hydrogens (tertiary/aromatic N) is 1. The Labute approximate surface area is 246 Å². The number of unbranched alkanes of at least 4 members (excludes halogenated alkanes) is 1. The summed E-state index contributed by atoms with van der Waals surface area (Å²) in [6.07, 6.45) is 1.36. The Balaban J connectivity index is 0.00000380. The second-order valence-corrected chi connectivity index (χ2v) is 10.8. The summed E-state index contributed by atoms with van der Waals surface area (Å²) in [4.78, 5) is 16.9. The number of rotatable bonds is 14. The van der Waals surface area contributed by atoms with Crippen molar-refractivity contribution in [2.24, 2.45) is 0 Å². The van der Waals surface area contributed by atoms with Gasteiger partial charge in [0.15, 0.2) is 0 Å².